The highest BCUT2D eigenvalue weighted by Gasteiger charge is 2.03. The monoisotopic (exact) mass is 219 g/mol. The van der Waals surface area contributed by atoms with E-state index < -0.39 is 0 Å². The first-order valence-corrected chi connectivity index (χ1v) is 5.46. The first kappa shape index (κ1) is 11.0. The van der Waals surface area contributed by atoms with Crippen LogP contribution in [0.5, 0.6) is 0 Å². The molecule has 1 unspecified atom stereocenters. The third kappa shape index (κ3) is 2.33. The van der Waals surface area contributed by atoms with Crippen LogP contribution in [0.2, 0.25) is 0 Å². The summed E-state index contributed by atoms with van der Waals surface area (Å²) in [6.07, 6.45) is 3.76. The summed E-state index contributed by atoms with van der Waals surface area (Å²) in [6.45, 7) is 3.82. The topological polar surface area (TPSA) is 38.6 Å². The molecule has 2 aromatic rings. The fourth-order valence-electron chi connectivity index (χ4n) is 1.71. The normalized spacial score (nSPS) is 12.9. The van der Waals surface area contributed by atoms with Crippen molar-refractivity contribution in [2.75, 3.05) is 25.6 Å². The van der Waals surface area contributed by atoms with Crippen LogP contribution in [0.25, 0.3) is 5.65 Å². The summed E-state index contributed by atoms with van der Waals surface area (Å²) in [5, 5.41) is 3.40. The number of fused-ring (bicyclic) bond motifs is 1. The predicted molar refractivity (Wildman–Crippen MR) is 64.7 cm³/mol. The zero-order valence-corrected chi connectivity index (χ0v) is 9.68. The van der Waals surface area contributed by atoms with Gasteiger partial charge in [-0.1, -0.05) is 13.0 Å². The molecule has 0 radical (unpaired) electrons. The van der Waals surface area contributed by atoms with Gasteiger partial charge in [-0.05, 0) is 18.1 Å². The predicted octanol–water partition coefficient (Wildman–Crippen LogP) is 2.03. The highest BCUT2D eigenvalue weighted by Crippen LogP contribution is 2.11. The van der Waals surface area contributed by atoms with E-state index in [4.69, 9.17) is 4.74 Å². The minimum atomic E-state index is 0.490. The maximum atomic E-state index is 5.11. The van der Waals surface area contributed by atoms with Crippen LogP contribution in [0.4, 0.5) is 5.82 Å². The highest BCUT2D eigenvalue weighted by atomic mass is 16.5. The van der Waals surface area contributed by atoms with Crippen LogP contribution in [-0.2, 0) is 4.74 Å². The second kappa shape index (κ2) is 4.99. The van der Waals surface area contributed by atoms with Gasteiger partial charge in [-0.2, -0.15) is 0 Å². The number of imidazole rings is 1. The van der Waals surface area contributed by atoms with E-state index in [1.807, 2.05) is 28.8 Å². The summed E-state index contributed by atoms with van der Waals surface area (Å²) in [6, 6.07) is 6.05. The van der Waals surface area contributed by atoms with Gasteiger partial charge in [0.2, 0.25) is 0 Å². The van der Waals surface area contributed by atoms with Crippen molar-refractivity contribution in [1.29, 1.82) is 0 Å². The van der Waals surface area contributed by atoms with Crippen LogP contribution in [0.3, 0.4) is 0 Å². The van der Waals surface area contributed by atoms with Gasteiger partial charge in [-0.15, -0.1) is 0 Å². The van der Waals surface area contributed by atoms with Gasteiger partial charge in [0.05, 0.1) is 6.61 Å². The van der Waals surface area contributed by atoms with Gasteiger partial charge in [0.15, 0.2) is 0 Å². The van der Waals surface area contributed by atoms with Crippen LogP contribution < -0.4 is 5.32 Å². The van der Waals surface area contributed by atoms with Crippen molar-refractivity contribution in [1.82, 2.24) is 9.38 Å². The largest absolute Gasteiger partial charge is 0.384 e. The Bertz CT molecular complexity index is 452. The zero-order chi connectivity index (χ0) is 11.4. The molecule has 4 heteroatoms. The Balaban J connectivity index is 2.06. The maximum absolute atomic E-state index is 5.11. The van der Waals surface area contributed by atoms with E-state index in [9.17, 15) is 0 Å². The Hall–Kier alpha value is -1.55. The molecule has 2 heterocycles. The van der Waals surface area contributed by atoms with Crippen molar-refractivity contribution < 1.29 is 4.74 Å². The van der Waals surface area contributed by atoms with Gasteiger partial charge >= 0.3 is 0 Å². The fraction of sp³-hybridized carbons (Fsp3) is 0.417. The molecule has 2 aromatic heterocycles. The quantitative estimate of drug-likeness (QED) is 0.836. The number of pyridine rings is 1. The molecule has 2 rings (SSSR count). The molecule has 1 atom stereocenters. The molecule has 0 aliphatic carbocycles. The minimum Gasteiger partial charge on any atom is -0.384 e. The van der Waals surface area contributed by atoms with E-state index in [1.54, 1.807) is 13.3 Å². The number of rotatable bonds is 5. The van der Waals surface area contributed by atoms with E-state index in [2.05, 4.69) is 17.2 Å². The number of hydrogen-bond acceptors (Lipinski definition) is 3. The highest BCUT2D eigenvalue weighted by molar-refractivity contribution is 5.49. The molecule has 0 saturated carbocycles. The fourth-order valence-corrected chi connectivity index (χ4v) is 1.71. The SMILES string of the molecule is COCC(C)CNc1cccc2nccn12. The molecule has 0 aliphatic heterocycles. The second-order valence-electron chi connectivity index (χ2n) is 4.01. The molecule has 4 nitrogen and oxygen atoms in total. The average Bonchev–Trinajstić information content (AvgIpc) is 2.75. The number of hydrogen-bond donors (Lipinski definition) is 1. The Morgan fingerprint density at radius 3 is 3.19 bits per heavy atom. The van der Waals surface area contributed by atoms with Gasteiger partial charge in [0, 0.05) is 26.0 Å². The van der Waals surface area contributed by atoms with Gasteiger partial charge in [-0.25, -0.2) is 4.98 Å². The lowest BCUT2D eigenvalue weighted by atomic mass is 10.2. The van der Waals surface area contributed by atoms with Crippen LogP contribution in [-0.4, -0.2) is 29.6 Å². The number of ether oxygens (including phenoxy) is 1. The van der Waals surface area contributed by atoms with Crippen LogP contribution in [0, 0.1) is 5.92 Å². The van der Waals surface area contributed by atoms with E-state index in [0.29, 0.717) is 5.92 Å². The van der Waals surface area contributed by atoms with E-state index in [0.717, 1.165) is 24.6 Å². The molecule has 0 spiro atoms. The molecule has 0 aromatic carbocycles. The Labute approximate surface area is 95.3 Å². The molecule has 0 saturated heterocycles. The van der Waals surface area contributed by atoms with Crippen LogP contribution >= 0.6 is 0 Å². The van der Waals surface area contributed by atoms with Gasteiger partial charge in [0.25, 0.3) is 0 Å². The summed E-state index contributed by atoms with van der Waals surface area (Å²) < 4.78 is 7.15. The Morgan fingerprint density at radius 2 is 2.38 bits per heavy atom. The lowest BCUT2D eigenvalue weighted by Gasteiger charge is -2.13. The standard InChI is InChI=1S/C12H17N3O/c1-10(9-16-2)8-14-12-5-3-4-11-13-6-7-15(11)12/h3-7,10,14H,8-9H2,1-2H3. The van der Waals surface area contributed by atoms with Crippen LogP contribution in [0.15, 0.2) is 30.6 Å². The lowest BCUT2D eigenvalue weighted by Crippen LogP contribution is -2.17. The number of nitrogens with one attached hydrogen (secondary N) is 1. The van der Waals surface area contributed by atoms with Crippen molar-refractivity contribution in [3.05, 3.63) is 30.6 Å². The summed E-state index contributed by atoms with van der Waals surface area (Å²) in [7, 11) is 1.73. The second-order valence-corrected chi connectivity index (χ2v) is 4.01. The van der Waals surface area contributed by atoms with Gasteiger partial charge in [-0.3, -0.25) is 4.40 Å². The van der Waals surface area contributed by atoms with Crippen molar-refractivity contribution in [3.8, 4) is 0 Å². The van der Waals surface area contributed by atoms with E-state index in [1.165, 1.54) is 0 Å². The van der Waals surface area contributed by atoms with E-state index in [-0.39, 0.29) is 0 Å². The molecule has 1 N–H and O–H groups in total. The first-order chi connectivity index (χ1) is 7.81. The van der Waals surface area contributed by atoms with Crippen molar-refractivity contribution in [2.24, 2.45) is 5.92 Å². The number of anilines is 1. The first-order valence-electron chi connectivity index (χ1n) is 5.46. The van der Waals surface area contributed by atoms with Crippen LogP contribution in [0.1, 0.15) is 6.92 Å². The summed E-state index contributed by atoms with van der Waals surface area (Å²) >= 11 is 0. The van der Waals surface area contributed by atoms with Gasteiger partial charge < -0.3 is 10.1 Å². The Morgan fingerprint density at radius 1 is 1.50 bits per heavy atom. The molecule has 0 aliphatic rings. The molecule has 86 valence electrons. The van der Waals surface area contributed by atoms with Crippen molar-refractivity contribution >= 4 is 11.5 Å². The lowest BCUT2D eigenvalue weighted by molar-refractivity contribution is 0.164. The third-order valence-electron chi connectivity index (χ3n) is 2.51. The van der Waals surface area contributed by atoms with Crippen molar-refractivity contribution in [2.45, 2.75) is 6.92 Å². The van der Waals surface area contributed by atoms with Crippen molar-refractivity contribution in [3.63, 3.8) is 0 Å². The summed E-state index contributed by atoms with van der Waals surface area (Å²) in [5.74, 6) is 1.56. The maximum Gasteiger partial charge on any atom is 0.138 e. The van der Waals surface area contributed by atoms with Gasteiger partial charge in [0.1, 0.15) is 11.5 Å². The number of aromatic nitrogens is 2. The molecular weight excluding hydrogens is 202 g/mol. The molecular formula is C12H17N3O. The smallest absolute Gasteiger partial charge is 0.138 e. The minimum absolute atomic E-state index is 0.490. The van der Waals surface area contributed by atoms with E-state index >= 15 is 0 Å². The number of methoxy groups -OCH3 is 1. The molecule has 0 fully saturated rings. The molecule has 0 amide bonds. The number of nitrogens with zero attached hydrogens (tertiary/aromatic N) is 2. The summed E-state index contributed by atoms with van der Waals surface area (Å²) in [4.78, 5) is 4.24. The molecule has 16 heavy (non-hydrogen) atoms. The third-order valence-corrected chi connectivity index (χ3v) is 2.51. The Kier molecular flexibility index (Phi) is 3.41. The summed E-state index contributed by atoms with van der Waals surface area (Å²) in [5.41, 5.74) is 0.962. The average molecular weight is 219 g/mol. The molecule has 0 bridgehead atoms. The zero-order valence-electron chi connectivity index (χ0n) is 9.68.